The third-order valence-corrected chi connectivity index (χ3v) is 4.71. The maximum absolute atomic E-state index is 13.7. The Kier molecular flexibility index (Phi) is 4.46. The summed E-state index contributed by atoms with van der Waals surface area (Å²) in [5, 5.41) is 2.76. The van der Waals surface area contributed by atoms with Crippen molar-refractivity contribution in [2.75, 3.05) is 19.5 Å². The maximum Gasteiger partial charge on any atom is 0.226 e. The number of rotatable bonds is 4. The van der Waals surface area contributed by atoms with E-state index in [1.165, 1.54) is 23.0 Å². The van der Waals surface area contributed by atoms with Gasteiger partial charge in [-0.2, -0.15) is 0 Å². The Balaban J connectivity index is 1.86. The van der Waals surface area contributed by atoms with Crippen molar-refractivity contribution in [3.8, 4) is 17.2 Å². The van der Waals surface area contributed by atoms with Crippen LogP contribution in [0.1, 0.15) is 23.6 Å². The molecule has 0 radical (unpaired) electrons. The van der Waals surface area contributed by atoms with E-state index in [0.29, 0.717) is 23.0 Å². The fourth-order valence-corrected chi connectivity index (χ4v) is 3.45. The monoisotopic (exact) mass is 385 g/mol. The molecule has 2 heterocycles. The predicted octanol–water partition coefficient (Wildman–Crippen LogP) is 3.64. The number of methoxy groups -OCH3 is 2. The van der Waals surface area contributed by atoms with Gasteiger partial charge in [-0.15, -0.1) is 0 Å². The van der Waals surface area contributed by atoms with Gasteiger partial charge in [-0.1, -0.05) is 0 Å². The molecule has 1 aromatic heterocycles. The van der Waals surface area contributed by atoms with Gasteiger partial charge >= 0.3 is 0 Å². The zero-order valence-electron chi connectivity index (χ0n) is 15.2. The Morgan fingerprint density at radius 3 is 2.54 bits per heavy atom. The molecule has 1 unspecified atom stereocenters. The van der Waals surface area contributed by atoms with Gasteiger partial charge in [-0.25, -0.2) is 13.8 Å². The molecule has 1 N–H and O–H groups in total. The van der Waals surface area contributed by atoms with Crippen LogP contribution in [0, 0.1) is 11.6 Å². The molecule has 1 atom stereocenters. The van der Waals surface area contributed by atoms with Crippen LogP contribution in [0.3, 0.4) is 0 Å². The molecule has 2 aromatic carbocycles. The van der Waals surface area contributed by atoms with E-state index < -0.39 is 17.6 Å². The summed E-state index contributed by atoms with van der Waals surface area (Å²) < 4.78 is 39.5. The van der Waals surface area contributed by atoms with Crippen molar-refractivity contribution >= 4 is 11.7 Å². The lowest BCUT2D eigenvalue weighted by molar-refractivity contribution is -0.116. The van der Waals surface area contributed by atoms with Gasteiger partial charge < -0.3 is 14.8 Å². The highest BCUT2D eigenvalue weighted by atomic mass is 19.1. The average Bonchev–Trinajstić information content (AvgIpc) is 3.09. The number of halogens is 2. The summed E-state index contributed by atoms with van der Waals surface area (Å²) in [7, 11) is 3.10. The van der Waals surface area contributed by atoms with E-state index in [2.05, 4.69) is 10.3 Å². The van der Waals surface area contributed by atoms with Gasteiger partial charge in [0, 0.05) is 24.0 Å². The van der Waals surface area contributed by atoms with E-state index >= 15 is 0 Å². The van der Waals surface area contributed by atoms with Gasteiger partial charge in [0.15, 0.2) is 0 Å². The number of benzene rings is 2. The SMILES string of the molecule is COc1ccc(OC)c(C2CC(=O)Nc3c2ncn3-c2cc(F)cc(F)c2)c1. The van der Waals surface area contributed by atoms with E-state index in [4.69, 9.17) is 9.47 Å². The van der Waals surface area contributed by atoms with Crippen LogP contribution in [0.15, 0.2) is 42.7 Å². The summed E-state index contributed by atoms with van der Waals surface area (Å²) in [5.41, 5.74) is 1.55. The summed E-state index contributed by atoms with van der Waals surface area (Å²) in [6.45, 7) is 0. The Morgan fingerprint density at radius 2 is 1.86 bits per heavy atom. The molecule has 1 amide bonds. The first-order valence-electron chi connectivity index (χ1n) is 8.55. The maximum atomic E-state index is 13.7. The number of ether oxygens (including phenoxy) is 2. The number of aromatic nitrogens is 2. The molecule has 4 rings (SSSR count). The second-order valence-corrected chi connectivity index (χ2v) is 6.39. The molecule has 144 valence electrons. The number of nitrogens with zero attached hydrogens (tertiary/aromatic N) is 2. The van der Waals surface area contributed by atoms with Crippen LogP contribution in [0.25, 0.3) is 5.69 Å². The van der Waals surface area contributed by atoms with Crippen LogP contribution in [0.2, 0.25) is 0 Å². The number of carbonyl (C=O) groups excluding carboxylic acids is 1. The van der Waals surface area contributed by atoms with Gasteiger partial charge in [-0.05, 0) is 30.3 Å². The van der Waals surface area contributed by atoms with Crippen molar-refractivity contribution in [3.63, 3.8) is 0 Å². The van der Waals surface area contributed by atoms with Crippen molar-refractivity contribution in [3.05, 3.63) is 65.6 Å². The molecule has 0 saturated heterocycles. The number of amides is 1. The molecule has 8 heteroatoms. The normalized spacial score (nSPS) is 15.7. The van der Waals surface area contributed by atoms with Crippen molar-refractivity contribution in [2.45, 2.75) is 12.3 Å². The molecule has 6 nitrogen and oxygen atoms in total. The van der Waals surface area contributed by atoms with Crippen LogP contribution in [0.5, 0.6) is 11.5 Å². The molecular weight excluding hydrogens is 368 g/mol. The summed E-state index contributed by atoms with van der Waals surface area (Å²) >= 11 is 0. The number of hydrogen-bond acceptors (Lipinski definition) is 4. The molecule has 0 fully saturated rings. The minimum absolute atomic E-state index is 0.158. The molecule has 1 aliphatic rings. The number of fused-ring (bicyclic) bond motifs is 1. The van der Waals surface area contributed by atoms with Crippen LogP contribution in [-0.2, 0) is 4.79 Å². The van der Waals surface area contributed by atoms with E-state index in [0.717, 1.165) is 11.6 Å². The summed E-state index contributed by atoms with van der Waals surface area (Å²) in [4.78, 5) is 16.8. The molecule has 28 heavy (non-hydrogen) atoms. The summed E-state index contributed by atoms with van der Waals surface area (Å²) in [5.74, 6) is -0.477. The first-order chi connectivity index (χ1) is 13.5. The molecule has 0 saturated carbocycles. The highest BCUT2D eigenvalue weighted by molar-refractivity contribution is 5.94. The average molecular weight is 385 g/mol. The van der Waals surface area contributed by atoms with Gasteiger partial charge in [-0.3, -0.25) is 9.36 Å². The summed E-state index contributed by atoms with van der Waals surface area (Å²) in [6, 6.07) is 8.46. The minimum atomic E-state index is -0.717. The third kappa shape index (κ3) is 3.06. The lowest BCUT2D eigenvalue weighted by Crippen LogP contribution is -2.25. The van der Waals surface area contributed by atoms with E-state index in [1.54, 1.807) is 32.4 Å². The smallest absolute Gasteiger partial charge is 0.226 e. The van der Waals surface area contributed by atoms with Crippen molar-refractivity contribution in [1.29, 1.82) is 0 Å². The number of carbonyl (C=O) groups is 1. The standard InChI is InChI=1S/C20H17F2N3O3/c1-27-14-3-4-17(28-2)15(8-14)16-9-18(26)24-20-19(16)23-10-25(20)13-6-11(21)5-12(22)7-13/h3-8,10,16H,9H2,1-2H3,(H,24,26). The van der Waals surface area contributed by atoms with Gasteiger partial charge in [0.25, 0.3) is 0 Å². The van der Waals surface area contributed by atoms with Gasteiger partial charge in [0.2, 0.25) is 5.91 Å². The number of anilines is 1. The highest BCUT2D eigenvalue weighted by Crippen LogP contribution is 2.42. The fraction of sp³-hybridized carbons (Fsp3) is 0.200. The minimum Gasteiger partial charge on any atom is -0.497 e. The first-order valence-corrected chi connectivity index (χ1v) is 8.55. The Morgan fingerprint density at radius 1 is 1.11 bits per heavy atom. The topological polar surface area (TPSA) is 65.4 Å². The van der Waals surface area contributed by atoms with E-state index in [9.17, 15) is 13.6 Å². The number of nitrogens with one attached hydrogen (secondary N) is 1. The number of imidazole rings is 1. The zero-order chi connectivity index (χ0) is 19.8. The lowest BCUT2D eigenvalue weighted by atomic mass is 9.89. The molecule has 3 aromatic rings. The second kappa shape index (κ2) is 6.95. The molecule has 0 aliphatic carbocycles. The zero-order valence-corrected chi connectivity index (χ0v) is 15.2. The fourth-order valence-electron chi connectivity index (χ4n) is 3.45. The first kappa shape index (κ1) is 18.0. The van der Waals surface area contributed by atoms with E-state index in [1.807, 2.05) is 0 Å². The van der Waals surface area contributed by atoms with Gasteiger partial charge in [0.1, 0.15) is 35.3 Å². The molecule has 0 bridgehead atoms. The van der Waals surface area contributed by atoms with Gasteiger partial charge in [0.05, 0.1) is 25.6 Å². The number of hydrogen-bond donors (Lipinski definition) is 1. The van der Waals surface area contributed by atoms with Crippen LogP contribution < -0.4 is 14.8 Å². The summed E-state index contributed by atoms with van der Waals surface area (Å²) in [6.07, 6.45) is 1.59. The largest absolute Gasteiger partial charge is 0.497 e. The third-order valence-electron chi connectivity index (χ3n) is 4.71. The predicted molar refractivity (Wildman–Crippen MR) is 98.1 cm³/mol. The van der Waals surface area contributed by atoms with Crippen LogP contribution in [-0.4, -0.2) is 29.7 Å². The molecule has 1 aliphatic heterocycles. The van der Waals surface area contributed by atoms with Crippen molar-refractivity contribution < 1.29 is 23.0 Å². The lowest BCUT2D eigenvalue weighted by Gasteiger charge is -2.25. The van der Waals surface area contributed by atoms with Crippen LogP contribution >= 0.6 is 0 Å². The highest BCUT2D eigenvalue weighted by Gasteiger charge is 2.33. The Labute approximate surface area is 159 Å². The van der Waals surface area contributed by atoms with Crippen molar-refractivity contribution in [2.24, 2.45) is 0 Å². The Hall–Kier alpha value is -3.42. The van der Waals surface area contributed by atoms with E-state index in [-0.39, 0.29) is 18.0 Å². The quantitative estimate of drug-likeness (QED) is 0.745. The Bertz CT molecular complexity index is 1040. The molecule has 0 spiro atoms. The van der Waals surface area contributed by atoms with Crippen LogP contribution in [0.4, 0.5) is 14.6 Å². The second-order valence-electron chi connectivity index (χ2n) is 6.39. The molecular formula is C20H17F2N3O3. The van der Waals surface area contributed by atoms with Crippen molar-refractivity contribution in [1.82, 2.24) is 9.55 Å².